The number of methoxy groups -OCH3 is 1. The normalized spacial score (nSPS) is 22.7. The average Bonchev–Trinajstić information content (AvgIpc) is 2.89. The molecule has 1 fully saturated rings. The molecule has 1 saturated carbocycles. The van der Waals surface area contributed by atoms with Crippen molar-refractivity contribution < 1.29 is 19.4 Å². The van der Waals surface area contributed by atoms with Crippen molar-refractivity contribution in [1.29, 1.82) is 0 Å². The van der Waals surface area contributed by atoms with Crippen molar-refractivity contribution in [3.8, 4) is 0 Å². The first-order valence-corrected chi connectivity index (χ1v) is 9.04. The lowest BCUT2D eigenvalue weighted by Gasteiger charge is -2.15. The lowest BCUT2D eigenvalue weighted by molar-refractivity contribution is -0.140. The summed E-state index contributed by atoms with van der Waals surface area (Å²) in [4.78, 5) is 23.1. The number of ether oxygens (including phenoxy) is 1. The molecular formula is C19H32O4. The fourth-order valence-corrected chi connectivity index (χ4v) is 3.25. The first-order valence-electron chi connectivity index (χ1n) is 9.04. The number of rotatable bonds is 11. The van der Waals surface area contributed by atoms with E-state index in [1.54, 1.807) is 0 Å². The molecule has 3 atom stereocenters. The van der Waals surface area contributed by atoms with Gasteiger partial charge < -0.3 is 9.84 Å². The standard InChI is InChI=1S/C19H32O4/c1-3-4-5-8-16(20)13-11-15-12-14-18(21)17(15)9-6-7-10-19(22)23-2/h11,13,15-17,20H,3-10,12,14H2,1-2H3. The van der Waals surface area contributed by atoms with Gasteiger partial charge in [0, 0.05) is 18.8 Å². The number of esters is 1. The summed E-state index contributed by atoms with van der Waals surface area (Å²) in [5, 5.41) is 9.97. The third kappa shape index (κ3) is 7.78. The van der Waals surface area contributed by atoms with Gasteiger partial charge in [0.15, 0.2) is 0 Å². The number of ketones is 1. The van der Waals surface area contributed by atoms with Gasteiger partial charge >= 0.3 is 5.97 Å². The molecule has 1 aliphatic carbocycles. The van der Waals surface area contributed by atoms with Crippen LogP contribution < -0.4 is 0 Å². The summed E-state index contributed by atoms with van der Waals surface area (Å²) in [7, 11) is 1.40. The van der Waals surface area contributed by atoms with E-state index in [9.17, 15) is 14.7 Å². The van der Waals surface area contributed by atoms with Crippen LogP contribution in [-0.2, 0) is 14.3 Å². The smallest absolute Gasteiger partial charge is 0.305 e. The Hall–Kier alpha value is -1.16. The van der Waals surface area contributed by atoms with E-state index in [4.69, 9.17) is 0 Å². The number of Topliss-reactive ketones (excluding diaryl/α,β-unsaturated/α-hetero) is 1. The van der Waals surface area contributed by atoms with Crippen LogP contribution in [0.25, 0.3) is 0 Å². The molecule has 1 rings (SSSR count). The van der Waals surface area contributed by atoms with Gasteiger partial charge in [-0.3, -0.25) is 9.59 Å². The summed E-state index contributed by atoms with van der Waals surface area (Å²) >= 11 is 0. The molecule has 0 heterocycles. The zero-order chi connectivity index (χ0) is 17.1. The zero-order valence-electron chi connectivity index (χ0n) is 14.6. The second-order valence-corrected chi connectivity index (χ2v) is 6.55. The Morgan fingerprint density at radius 2 is 2.13 bits per heavy atom. The van der Waals surface area contributed by atoms with Gasteiger partial charge in [0.2, 0.25) is 0 Å². The number of aliphatic hydroxyl groups is 1. The van der Waals surface area contributed by atoms with Crippen LogP contribution in [0.15, 0.2) is 12.2 Å². The minimum atomic E-state index is -0.391. The van der Waals surface area contributed by atoms with Gasteiger partial charge in [0.05, 0.1) is 13.2 Å². The Kier molecular flexibility index (Phi) is 9.85. The molecular weight excluding hydrogens is 292 g/mol. The van der Waals surface area contributed by atoms with Crippen LogP contribution in [0.4, 0.5) is 0 Å². The van der Waals surface area contributed by atoms with Crippen LogP contribution >= 0.6 is 0 Å². The maximum atomic E-state index is 12.0. The van der Waals surface area contributed by atoms with Gasteiger partial charge in [-0.1, -0.05) is 44.8 Å². The highest BCUT2D eigenvalue weighted by Crippen LogP contribution is 2.33. The molecule has 23 heavy (non-hydrogen) atoms. The number of carbonyl (C=O) groups is 2. The van der Waals surface area contributed by atoms with Crippen LogP contribution in [0, 0.1) is 11.8 Å². The average molecular weight is 324 g/mol. The van der Waals surface area contributed by atoms with Gasteiger partial charge in [-0.2, -0.15) is 0 Å². The van der Waals surface area contributed by atoms with E-state index in [2.05, 4.69) is 11.7 Å². The monoisotopic (exact) mass is 324 g/mol. The predicted octanol–water partition coefficient (Wildman–Crippen LogP) is 3.81. The van der Waals surface area contributed by atoms with Crippen LogP contribution in [0.2, 0.25) is 0 Å². The molecule has 0 saturated heterocycles. The maximum absolute atomic E-state index is 12.0. The lowest BCUT2D eigenvalue weighted by Crippen LogP contribution is -2.14. The summed E-state index contributed by atoms with van der Waals surface area (Å²) in [5.41, 5.74) is 0. The number of aliphatic hydroxyl groups excluding tert-OH is 1. The van der Waals surface area contributed by atoms with Crippen LogP contribution in [0.3, 0.4) is 0 Å². The molecule has 0 aliphatic heterocycles. The number of hydrogen-bond acceptors (Lipinski definition) is 4. The van der Waals surface area contributed by atoms with E-state index in [0.717, 1.165) is 51.4 Å². The van der Waals surface area contributed by atoms with Crippen molar-refractivity contribution in [2.24, 2.45) is 11.8 Å². The highest BCUT2D eigenvalue weighted by molar-refractivity contribution is 5.83. The van der Waals surface area contributed by atoms with Crippen LogP contribution in [0.5, 0.6) is 0 Å². The minimum Gasteiger partial charge on any atom is -0.469 e. The highest BCUT2D eigenvalue weighted by atomic mass is 16.5. The summed E-state index contributed by atoms with van der Waals surface area (Å²) in [6.45, 7) is 2.15. The van der Waals surface area contributed by atoms with E-state index < -0.39 is 6.10 Å². The molecule has 0 aromatic carbocycles. The predicted molar refractivity (Wildman–Crippen MR) is 91.0 cm³/mol. The fourth-order valence-electron chi connectivity index (χ4n) is 3.25. The number of hydrogen-bond donors (Lipinski definition) is 1. The van der Waals surface area contributed by atoms with Crippen molar-refractivity contribution in [2.75, 3.05) is 7.11 Å². The Balaban J connectivity index is 2.35. The van der Waals surface area contributed by atoms with Gasteiger partial charge in [0.25, 0.3) is 0 Å². The maximum Gasteiger partial charge on any atom is 0.305 e. The van der Waals surface area contributed by atoms with Crippen molar-refractivity contribution in [1.82, 2.24) is 0 Å². The second kappa shape index (κ2) is 11.4. The summed E-state index contributed by atoms with van der Waals surface area (Å²) in [6.07, 6.45) is 12.1. The van der Waals surface area contributed by atoms with Crippen molar-refractivity contribution in [3.05, 3.63) is 12.2 Å². The van der Waals surface area contributed by atoms with E-state index in [-0.39, 0.29) is 17.8 Å². The van der Waals surface area contributed by atoms with Gasteiger partial charge in [-0.25, -0.2) is 0 Å². The largest absolute Gasteiger partial charge is 0.469 e. The Labute approximate surface area is 140 Å². The molecule has 0 aromatic rings. The topological polar surface area (TPSA) is 63.6 Å². The summed E-state index contributed by atoms with van der Waals surface area (Å²) in [5.74, 6) is 0.459. The molecule has 1 N–H and O–H groups in total. The molecule has 0 amide bonds. The number of carbonyl (C=O) groups excluding carboxylic acids is 2. The second-order valence-electron chi connectivity index (χ2n) is 6.55. The molecule has 0 bridgehead atoms. The first kappa shape index (κ1) is 19.9. The Morgan fingerprint density at radius 3 is 2.83 bits per heavy atom. The van der Waals surface area contributed by atoms with E-state index in [1.165, 1.54) is 7.11 Å². The fraction of sp³-hybridized carbons (Fsp3) is 0.789. The Morgan fingerprint density at radius 1 is 1.35 bits per heavy atom. The van der Waals surface area contributed by atoms with Crippen molar-refractivity contribution in [2.45, 2.75) is 77.2 Å². The Bertz CT molecular complexity index is 389. The minimum absolute atomic E-state index is 0.0618. The lowest BCUT2D eigenvalue weighted by atomic mass is 9.89. The molecule has 4 heteroatoms. The summed E-state index contributed by atoms with van der Waals surface area (Å²) < 4.78 is 4.62. The zero-order valence-corrected chi connectivity index (χ0v) is 14.6. The first-order chi connectivity index (χ1) is 11.1. The summed E-state index contributed by atoms with van der Waals surface area (Å²) in [6, 6.07) is 0. The van der Waals surface area contributed by atoms with Crippen molar-refractivity contribution >= 4 is 11.8 Å². The molecule has 4 nitrogen and oxygen atoms in total. The third-order valence-electron chi connectivity index (χ3n) is 4.71. The van der Waals surface area contributed by atoms with E-state index in [0.29, 0.717) is 18.6 Å². The quantitative estimate of drug-likeness (QED) is 0.356. The molecule has 1 aliphatic rings. The molecule has 0 aromatic heterocycles. The number of allylic oxidation sites excluding steroid dienone is 1. The highest BCUT2D eigenvalue weighted by Gasteiger charge is 2.32. The SMILES string of the molecule is CCCCCC(O)C=CC1CCC(=O)C1CCCCC(=O)OC. The molecule has 3 unspecified atom stereocenters. The third-order valence-corrected chi connectivity index (χ3v) is 4.71. The molecule has 0 spiro atoms. The van der Waals surface area contributed by atoms with E-state index in [1.807, 2.05) is 12.2 Å². The van der Waals surface area contributed by atoms with Gasteiger partial charge in [0.1, 0.15) is 5.78 Å². The van der Waals surface area contributed by atoms with Gasteiger partial charge in [-0.15, -0.1) is 0 Å². The van der Waals surface area contributed by atoms with Crippen molar-refractivity contribution in [3.63, 3.8) is 0 Å². The number of unbranched alkanes of at least 4 members (excludes halogenated alkanes) is 3. The van der Waals surface area contributed by atoms with Gasteiger partial charge in [-0.05, 0) is 31.6 Å². The molecule has 0 radical (unpaired) electrons. The molecule has 132 valence electrons. The van der Waals surface area contributed by atoms with Crippen LogP contribution in [0.1, 0.15) is 71.1 Å². The van der Waals surface area contributed by atoms with E-state index >= 15 is 0 Å². The van der Waals surface area contributed by atoms with Crippen LogP contribution in [-0.4, -0.2) is 30.1 Å².